The first-order valence-corrected chi connectivity index (χ1v) is 7.02. The molecule has 4 nitrogen and oxygen atoms in total. The number of carbonyl (C=O) groups is 1. The van der Waals surface area contributed by atoms with Crippen molar-refractivity contribution in [1.29, 1.82) is 0 Å². The first kappa shape index (κ1) is 12.6. The molecule has 0 unspecified atom stereocenters. The molecular weight excluding hydrogens is 240 g/mol. The SMILES string of the molecule is O=C(CCNC1CC1)N[C@H]1c2ccccc2C[C@H]1O. The molecule has 2 aliphatic carbocycles. The van der Waals surface area contributed by atoms with Gasteiger partial charge >= 0.3 is 0 Å². The fourth-order valence-electron chi connectivity index (χ4n) is 2.67. The summed E-state index contributed by atoms with van der Waals surface area (Å²) in [5.41, 5.74) is 2.19. The van der Waals surface area contributed by atoms with Crippen LogP contribution in [0.3, 0.4) is 0 Å². The van der Waals surface area contributed by atoms with E-state index in [4.69, 9.17) is 0 Å². The standard InChI is InChI=1S/C15H20N2O2/c18-13-9-10-3-1-2-4-12(10)15(13)17-14(19)7-8-16-11-5-6-11/h1-4,11,13,15-16,18H,5-9H2,(H,17,19)/t13-,15+/m1/s1. The number of aliphatic hydroxyl groups excluding tert-OH is 1. The number of aliphatic hydroxyl groups is 1. The summed E-state index contributed by atoms with van der Waals surface area (Å²) in [6.45, 7) is 0.723. The molecule has 0 bridgehead atoms. The maximum atomic E-state index is 11.9. The Bertz CT molecular complexity index is 471. The molecule has 0 spiro atoms. The zero-order valence-corrected chi connectivity index (χ0v) is 10.9. The summed E-state index contributed by atoms with van der Waals surface area (Å²) in [7, 11) is 0. The van der Waals surface area contributed by atoms with Gasteiger partial charge in [-0.05, 0) is 24.0 Å². The number of carbonyl (C=O) groups excluding carboxylic acids is 1. The predicted molar refractivity (Wildman–Crippen MR) is 72.7 cm³/mol. The van der Waals surface area contributed by atoms with Gasteiger partial charge in [0.1, 0.15) is 0 Å². The first-order valence-electron chi connectivity index (χ1n) is 7.02. The summed E-state index contributed by atoms with van der Waals surface area (Å²) >= 11 is 0. The van der Waals surface area contributed by atoms with Gasteiger partial charge in [-0.15, -0.1) is 0 Å². The number of rotatable bonds is 5. The number of fused-ring (bicyclic) bond motifs is 1. The molecule has 0 saturated heterocycles. The number of amides is 1. The molecule has 1 amide bonds. The topological polar surface area (TPSA) is 61.4 Å². The van der Waals surface area contributed by atoms with Crippen molar-refractivity contribution in [3.63, 3.8) is 0 Å². The van der Waals surface area contributed by atoms with Crippen LogP contribution in [0.15, 0.2) is 24.3 Å². The highest BCUT2D eigenvalue weighted by Crippen LogP contribution is 2.31. The van der Waals surface area contributed by atoms with Gasteiger partial charge in [-0.1, -0.05) is 24.3 Å². The predicted octanol–water partition coefficient (Wildman–Crippen LogP) is 0.903. The molecule has 2 aliphatic rings. The Kier molecular flexibility index (Phi) is 3.53. The molecule has 1 saturated carbocycles. The maximum absolute atomic E-state index is 11.9. The molecule has 0 aliphatic heterocycles. The molecule has 0 aromatic heterocycles. The lowest BCUT2D eigenvalue weighted by Crippen LogP contribution is -2.35. The molecule has 102 valence electrons. The maximum Gasteiger partial charge on any atom is 0.221 e. The van der Waals surface area contributed by atoms with E-state index in [1.54, 1.807) is 0 Å². The van der Waals surface area contributed by atoms with Crippen LogP contribution in [0.4, 0.5) is 0 Å². The minimum Gasteiger partial charge on any atom is -0.390 e. The highest BCUT2D eigenvalue weighted by molar-refractivity contribution is 5.77. The normalized spacial score (nSPS) is 25.1. The second-order valence-electron chi connectivity index (χ2n) is 5.49. The second kappa shape index (κ2) is 5.31. The summed E-state index contributed by atoms with van der Waals surface area (Å²) in [4.78, 5) is 11.9. The van der Waals surface area contributed by atoms with Crippen molar-refractivity contribution in [3.8, 4) is 0 Å². The van der Waals surface area contributed by atoms with Crippen LogP contribution in [0.5, 0.6) is 0 Å². The molecule has 19 heavy (non-hydrogen) atoms. The van der Waals surface area contributed by atoms with Crippen molar-refractivity contribution in [2.45, 2.75) is 43.9 Å². The van der Waals surface area contributed by atoms with E-state index < -0.39 is 6.10 Å². The summed E-state index contributed by atoms with van der Waals surface area (Å²) in [5, 5.41) is 16.3. The van der Waals surface area contributed by atoms with Crippen LogP contribution in [0.2, 0.25) is 0 Å². The van der Waals surface area contributed by atoms with Gasteiger partial charge in [-0.3, -0.25) is 4.79 Å². The summed E-state index contributed by atoms with van der Waals surface area (Å²) in [5.74, 6) is 0.00824. The molecule has 0 heterocycles. The van der Waals surface area contributed by atoms with E-state index in [9.17, 15) is 9.90 Å². The van der Waals surface area contributed by atoms with Gasteiger partial charge in [0.2, 0.25) is 5.91 Å². The average Bonchev–Trinajstić information content (AvgIpc) is 3.16. The van der Waals surface area contributed by atoms with Gasteiger partial charge in [0.05, 0.1) is 12.1 Å². The number of hydrogen-bond donors (Lipinski definition) is 3. The van der Waals surface area contributed by atoms with Crippen LogP contribution >= 0.6 is 0 Å². The van der Waals surface area contributed by atoms with Crippen molar-refractivity contribution in [3.05, 3.63) is 35.4 Å². The summed E-state index contributed by atoms with van der Waals surface area (Å²) in [6, 6.07) is 8.30. The van der Waals surface area contributed by atoms with Crippen LogP contribution < -0.4 is 10.6 Å². The number of hydrogen-bond acceptors (Lipinski definition) is 3. The minimum atomic E-state index is -0.502. The Morgan fingerprint density at radius 3 is 2.89 bits per heavy atom. The van der Waals surface area contributed by atoms with Gasteiger partial charge < -0.3 is 15.7 Å². The molecule has 0 radical (unpaired) electrons. The van der Waals surface area contributed by atoms with Crippen molar-refractivity contribution < 1.29 is 9.90 Å². The highest BCUT2D eigenvalue weighted by Gasteiger charge is 2.31. The van der Waals surface area contributed by atoms with Crippen LogP contribution in [-0.2, 0) is 11.2 Å². The molecule has 3 rings (SSSR count). The molecule has 1 fully saturated rings. The van der Waals surface area contributed by atoms with Gasteiger partial charge in [0, 0.05) is 25.4 Å². The highest BCUT2D eigenvalue weighted by atomic mass is 16.3. The van der Waals surface area contributed by atoms with E-state index >= 15 is 0 Å². The lowest BCUT2D eigenvalue weighted by molar-refractivity contribution is -0.122. The molecule has 4 heteroatoms. The first-order chi connectivity index (χ1) is 9.24. The summed E-state index contributed by atoms with van der Waals surface area (Å²) in [6.07, 6.45) is 3.06. The molecular formula is C15H20N2O2. The summed E-state index contributed by atoms with van der Waals surface area (Å²) < 4.78 is 0. The Balaban J connectivity index is 1.55. The van der Waals surface area contributed by atoms with Crippen molar-refractivity contribution in [1.82, 2.24) is 10.6 Å². The molecule has 3 N–H and O–H groups in total. The third-order valence-corrected chi connectivity index (χ3v) is 3.88. The van der Waals surface area contributed by atoms with Gasteiger partial charge in [-0.25, -0.2) is 0 Å². The van der Waals surface area contributed by atoms with Gasteiger partial charge in [0.25, 0.3) is 0 Å². The lowest BCUT2D eigenvalue weighted by atomic mass is 10.1. The third kappa shape index (κ3) is 2.96. The van der Waals surface area contributed by atoms with Crippen LogP contribution in [0.25, 0.3) is 0 Å². The van der Waals surface area contributed by atoms with E-state index in [1.165, 1.54) is 12.8 Å². The Morgan fingerprint density at radius 2 is 2.11 bits per heavy atom. The fraction of sp³-hybridized carbons (Fsp3) is 0.533. The number of benzene rings is 1. The smallest absolute Gasteiger partial charge is 0.221 e. The van der Waals surface area contributed by atoms with Crippen LogP contribution in [0.1, 0.15) is 36.4 Å². The van der Waals surface area contributed by atoms with Crippen molar-refractivity contribution >= 4 is 5.91 Å². The van der Waals surface area contributed by atoms with Crippen LogP contribution in [-0.4, -0.2) is 29.7 Å². The van der Waals surface area contributed by atoms with Crippen LogP contribution in [0, 0.1) is 0 Å². The minimum absolute atomic E-state index is 0.00824. The van der Waals surface area contributed by atoms with Crippen molar-refractivity contribution in [2.24, 2.45) is 0 Å². The van der Waals surface area contributed by atoms with E-state index in [2.05, 4.69) is 10.6 Å². The van der Waals surface area contributed by atoms with E-state index in [0.29, 0.717) is 18.9 Å². The van der Waals surface area contributed by atoms with E-state index in [0.717, 1.165) is 17.7 Å². The van der Waals surface area contributed by atoms with E-state index in [1.807, 2.05) is 24.3 Å². The molecule has 1 aromatic rings. The van der Waals surface area contributed by atoms with Crippen molar-refractivity contribution in [2.75, 3.05) is 6.54 Å². The number of nitrogens with one attached hydrogen (secondary N) is 2. The third-order valence-electron chi connectivity index (χ3n) is 3.88. The fourth-order valence-corrected chi connectivity index (χ4v) is 2.67. The second-order valence-corrected chi connectivity index (χ2v) is 5.49. The monoisotopic (exact) mass is 260 g/mol. The van der Waals surface area contributed by atoms with Gasteiger partial charge in [0.15, 0.2) is 0 Å². The Hall–Kier alpha value is -1.39. The Labute approximate surface area is 113 Å². The van der Waals surface area contributed by atoms with Gasteiger partial charge in [-0.2, -0.15) is 0 Å². The quantitative estimate of drug-likeness (QED) is 0.737. The average molecular weight is 260 g/mol. The molecule has 2 atom stereocenters. The zero-order valence-electron chi connectivity index (χ0n) is 10.9. The zero-order chi connectivity index (χ0) is 13.2. The Morgan fingerprint density at radius 1 is 1.32 bits per heavy atom. The lowest BCUT2D eigenvalue weighted by Gasteiger charge is -2.18. The van der Waals surface area contributed by atoms with E-state index in [-0.39, 0.29) is 11.9 Å². The molecule has 1 aromatic carbocycles. The largest absolute Gasteiger partial charge is 0.390 e.